The van der Waals surface area contributed by atoms with E-state index in [1.807, 2.05) is 0 Å². The van der Waals surface area contributed by atoms with E-state index in [9.17, 15) is 14.4 Å². The molecule has 1 aliphatic rings. The maximum absolute atomic E-state index is 10.9. The third-order valence-electron chi connectivity index (χ3n) is 1.48. The van der Waals surface area contributed by atoms with Gasteiger partial charge >= 0.3 is 12.2 Å². The molecule has 2 N–H and O–H groups in total. The van der Waals surface area contributed by atoms with E-state index in [2.05, 4.69) is 10.5 Å². The predicted molar refractivity (Wildman–Crippen MR) is 37.0 cm³/mol. The Labute approximate surface area is 68.3 Å². The fourth-order valence-corrected chi connectivity index (χ4v) is 0.982. The SMILES string of the molecule is NC(=O)OC(=O)N1CCCC1=O. The normalized spacial score (nSPS) is 16.3. The van der Waals surface area contributed by atoms with Gasteiger partial charge in [-0.05, 0) is 6.42 Å². The Morgan fingerprint density at radius 3 is 2.58 bits per heavy atom. The molecule has 12 heavy (non-hydrogen) atoms. The quantitative estimate of drug-likeness (QED) is 0.513. The number of nitrogens with zero attached hydrogens (tertiary/aromatic N) is 1. The van der Waals surface area contributed by atoms with Gasteiger partial charge in [-0.25, -0.2) is 14.5 Å². The van der Waals surface area contributed by atoms with Crippen LogP contribution in [0.1, 0.15) is 12.8 Å². The number of carbonyl (C=O) groups excluding carboxylic acids is 3. The van der Waals surface area contributed by atoms with Gasteiger partial charge in [-0.3, -0.25) is 4.79 Å². The summed E-state index contributed by atoms with van der Waals surface area (Å²) in [5.74, 6) is -0.332. The second kappa shape index (κ2) is 3.21. The van der Waals surface area contributed by atoms with Crippen LogP contribution in [0.25, 0.3) is 0 Å². The zero-order valence-corrected chi connectivity index (χ0v) is 6.28. The van der Waals surface area contributed by atoms with Gasteiger partial charge in [0.25, 0.3) is 0 Å². The molecule has 1 heterocycles. The Kier molecular flexibility index (Phi) is 2.27. The van der Waals surface area contributed by atoms with Crippen molar-refractivity contribution in [2.45, 2.75) is 12.8 Å². The molecule has 0 spiro atoms. The Balaban J connectivity index is 2.52. The maximum Gasteiger partial charge on any atom is 0.425 e. The van der Waals surface area contributed by atoms with Crippen LogP contribution < -0.4 is 5.73 Å². The van der Waals surface area contributed by atoms with Crippen molar-refractivity contribution in [2.24, 2.45) is 5.73 Å². The third-order valence-corrected chi connectivity index (χ3v) is 1.48. The molecule has 1 fully saturated rings. The van der Waals surface area contributed by atoms with Crippen LogP contribution in [0.15, 0.2) is 0 Å². The molecule has 0 atom stereocenters. The van der Waals surface area contributed by atoms with Gasteiger partial charge in [0.15, 0.2) is 0 Å². The van der Waals surface area contributed by atoms with E-state index in [-0.39, 0.29) is 5.91 Å². The van der Waals surface area contributed by atoms with E-state index in [0.717, 1.165) is 4.90 Å². The van der Waals surface area contributed by atoms with Crippen LogP contribution in [0.2, 0.25) is 0 Å². The average Bonchev–Trinajstić information content (AvgIpc) is 2.33. The van der Waals surface area contributed by atoms with Crippen molar-refractivity contribution >= 4 is 18.1 Å². The molecule has 0 saturated carbocycles. The van der Waals surface area contributed by atoms with E-state index in [1.54, 1.807) is 0 Å². The standard InChI is InChI=1S/C6H8N2O4/c7-5(10)12-6(11)8-3-1-2-4(8)9/h1-3H2,(H2,7,10). The molecule has 0 radical (unpaired) electrons. The first-order chi connectivity index (χ1) is 5.61. The zero-order valence-electron chi connectivity index (χ0n) is 6.28. The topological polar surface area (TPSA) is 89.7 Å². The fourth-order valence-electron chi connectivity index (χ4n) is 0.982. The lowest BCUT2D eigenvalue weighted by molar-refractivity contribution is -0.125. The van der Waals surface area contributed by atoms with Crippen LogP contribution in [0, 0.1) is 0 Å². The molecule has 0 aliphatic carbocycles. The van der Waals surface area contributed by atoms with E-state index < -0.39 is 12.2 Å². The summed E-state index contributed by atoms with van der Waals surface area (Å²) in [6.45, 7) is 0.297. The molecule has 6 heteroatoms. The molecular formula is C6H8N2O4. The monoisotopic (exact) mass is 172 g/mol. The molecule has 66 valence electrons. The Hall–Kier alpha value is -1.59. The van der Waals surface area contributed by atoms with Crippen LogP contribution in [-0.4, -0.2) is 29.5 Å². The minimum Gasteiger partial charge on any atom is -0.359 e. The smallest absolute Gasteiger partial charge is 0.359 e. The summed E-state index contributed by atoms with van der Waals surface area (Å²) in [4.78, 5) is 32.7. The summed E-state index contributed by atoms with van der Waals surface area (Å²) in [5, 5.41) is 0. The fraction of sp³-hybridized carbons (Fsp3) is 0.500. The first kappa shape index (κ1) is 8.51. The van der Waals surface area contributed by atoms with E-state index in [0.29, 0.717) is 19.4 Å². The summed E-state index contributed by atoms with van der Waals surface area (Å²) in [5.41, 5.74) is 4.59. The number of nitrogens with two attached hydrogens (primary N) is 1. The first-order valence-electron chi connectivity index (χ1n) is 3.43. The Morgan fingerprint density at radius 1 is 1.50 bits per heavy atom. The lowest BCUT2D eigenvalue weighted by Crippen LogP contribution is -2.35. The van der Waals surface area contributed by atoms with Gasteiger partial charge in [-0.2, -0.15) is 0 Å². The molecular weight excluding hydrogens is 164 g/mol. The summed E-state index contributed by atoms with van der Waals surface area (Å²) in [7, 11) is 0. The number of amides is 3. The van der Waals surface area contributed by atoms with Crippen molar-refractivity contribution in [1.82, 2.24) is 4.90 Å². The van der Waals surface area contributed by atoms with Crippen molar-refractivity contribution in [2.75, 3.05) is 6.54 Å². The summed E-state index contributed by atoms with van der Waals surface area (Å²) < 4.78 is 4.01. The molecule has 3 amide bonds. The number of imide groups is 1. The highest BCUT2D eigenvalue weighted by Crippen LogP contribution is 2.10. The minimum absolute atomic E-state index is 0.297. The van der Waals surface area contributed by atoms with Crippen LogP contribution in [-0.2, 0) is 9.53 Å². The highest BCUT2D eigenvalue weighted by atomic mass is 16.6. The molecule has 0 aromatic carbocycles. The van der Waals surface area contributed by atoms with E-state index in [1.165, 1.54) is 0 Å². The Morgan fingerprint density at radius 2 is 2.17 bits per heavy atom. The third kappa shape index (κ3) is 1.71. The Bertz CT molecular complexity index is 238. The van der Waals surface area contributed by atoms with Gasteiger partial charge < -0.3 is 10.5 Å². The first-order valence-corrected chi connectivity index (χ1v) is 3.43. The largest absolute Gasteiger partial charge is 0.425 e. The van der Waals surface area contributed by atoms with Gasteiger partial charge in [-0.1, -0.05) is 0 Å². The molecule has 1 saturated heterocycles. The van der Waals surface area contributed by atoms with Crippen molar-refractivity contribution in [3.05, 3.63) is 0 Å². The number of rotatable bonds is 0. The minimum atomic E-state index is -1.19. The van der Waals surface area contributed by atoms with Crippen molar-refractivity contribution in [1.29, 1.82) is 0 Å². The van der Waals surface area contributed by atoms with Gasteiger partial charge in [0.1, 0.15) is 0 Å². The number of primary amides is 1. The van der Waals surface area contributed by atoms with Gasteiger partial charge in [0.2, 0.25) is 5.91 Å². The van der Waals surface area contributed by atoms with Gasteiger partial charge in [-0.15, -0.1) is 0 Å². The van der Waals surface area contributed by atoms with Crippen LogP contribution >= 0.6 is 0 Å². The molecule has 1 aliphatic heterocycles. The number of likely N-dealkylation sites (tertiary alicyclic amines) is 1. The number of ether oxygens (including phenoxy) is 1. The molecule has 0 aromatic rings. The molecule has 0 aromatic heterocycles. The number of hydrogen-bond acceptors (Lipinski definition) is 4. The molecule has 1 rings (SSSR count). The zero-order chi connectivity index (χ0) is 9.14. The van der Waals surface area contributed by atoms with Gasteiger partial charge in [0, 0.05) is 13.0 Å². The second-order valence-corrected chi connectivity index (χ2v) is 2.34. The number of hydrogen-bond donors (Lipinski definition) is 1. The van der Waals surface area contributed by atoms with E-state index in [4.69, 9.17) is 0 Å². The van der Waals surface area contributed by atoms with Crippen molar-refractivity contribution in [3.63, 3.8) is 0 Å². The highest BCUT2D eigenvalue weighted by molar-refractivity contribution is 5.96. The van der Waals surface area contributed by atoms with Crippen molar-refractivity contribution < 1.29 is 19.1 Å². The van der Waals surface area contributed by atoms with Crippen LogP contribution in [0.4, 0.5) is 9.59 Å². The maximum atomic E-state index is 10.9. The van der Waals surface area contributed by atoms with E-state index >= 15 is 0 Å². The number of carbonyl (C=O) groups is 3. The van der Waals surface area contributed by atoms with Gasteiger partial charge in [0.05, 0.1) is 0 Å². The summed E-state index contributed by atoms with van der Waals surface area (Å²) >= 11 is 0. The average molecular weight is 172 g/mol. The van der Waals surface area contributed by atoms with Crippen molar-refractivity contribution in [3.8, 4) is 0 Å². The predicted octanol–water partition coefficient (Wildman–Crippen LogP) is -0.176. The lowest BCUT2D eigenvalue weighted by Gasteiger charge is -2.10. The molecule has 0 bridgehead atoms. The van der Waals surface area contributed by atoms with Crippen LogP contribution in [0.5, 0.6) is 0 Å². The summed E-state index contributed by atoms with van der Waals surface area (Å²) in [6.07, 6.45) is -1.26. The molecule has 6 nitrogen and oxygen atoms in total. The molecule has 0 unspecified atom stereocenters. The highest BCUT2D eigenvalue weighted by Gasteiger charge is 2.28. The second-order valence-electron chi connectivity index (χ2n) is 2.34. The van der Waals surface area contributed by atoms with Crippen LogP contribution in [0.3, 0.4) is 0 Å². The summed E-state index contributed by atoms with van der Waals surface area (Å²) in [6, 6.07) is 0. The lowest BCUT2D eigenvalue weighted by atomic mass is 10.4.